The number of hydrogen-bond donors (Lipinski definition) is 0. The Hall–Kier alpha value is -1.69. The Balaban J connectivity index is 2.81. The van der Waals surface area contributed by atoms with Crippen molar-refractivity contribution in [3.8, 4) is 17.6 Å². The highest BCUT2D eigenvalue weighted by Crippen LogP contribution is 2.28. The van der Waals surface area contributed by atoms with Crippen LogP contribution in [0.15, 0.2) is 18.2 Å². The summed E-state index contributed by atoms with van der Waals surface area (Å²) in [5.74, 6) is 1.83. The molecule has 3 heteroatoms. The number of hydrogen-bond acceptors (Lipinski definition) is 3. The fourth-order valence-electron chi connectivity index (χ4n) is 1.44. The molecule has 0 aliphatic carbocycles. The molecule has 0 saturated heterocycles. The van der Waals surface area contributed by atoms with Crippen molar-refractivity contribution < 1.29 is 9.47 Å². The van der Waals surface area contributed by atoms with E-state index in [0.717, 1.165) is 12.2 Å². The highest BCUT2D eigenvalue weighted by Gasteiger charge is 2.17. The van der Waals surface area contributed by atoms with Gasteiger partial charge in [0.1, 0.15) is 17.6 Å². The normalized spacial score (nSPS) is 11.2. The van der Waals surface area contributed by atoms with Gasteiger partial charge in [0, 0.05) is 6.07 Å². The quantitative estimate of drug-likeness (QED) is 0.740. The fourth-order valence-corrected chi connectivity index (χ4v) is 1.44. The molecule has 0 radical (unpaired) electrons. The first-order valence-electron chi connectivity index (χ1n) is 7.17. The number of nitriles is 1. The topological polar surface area (TPSA) is 42.2 Å². The van der Waals surface area contributed by atoms with Gasteiger partial charge in [-0.1, -0.05) is 34.6 Å². The fraction of sp³-hybridized carbons (Fsp3) is 0.588. The van der Waals surface area contributed by atoms with E-state index in [4.69, 9.17) is 14.7 Å². The largest absolute Gasteiger partial charge is 0.493 e. The lowest BCUT2D eigenvalue weighted by Crippen LogP contribution is -2.20. The molecule has 0 unspecified atom stereocenters. The monoisotopic (exact) mass is 275 g/mol. The van der Waals surface area contributed by atoms with Crippen molar-refractivity contribution >= 4 is 0 Å². The summed E-state index contributed by atoms with van der Waals surface area (Å²) in [6.07, 6.45) is 1.03. The maximum absolute atomic E-state index is 9.14. The van der Waals surface area contributed by atoms with Gasteiger partial charge in [-0.05, 0) is 29.9 Å². The van der Waals surface area contributed by atoms with E-state index in [1.54, 1.807) is 6.07 Å². The zero-order valence-corrected chi connectivity index (χ0v) is 13.2. The van der Waals surface area contributed by atoms with Crippen molar-refractivity contribution in [2.45, 2.75) is 41.0 Å². The highest BCUT2D eigenvalue weighted by molar-refractivity contribution is 5.47. The second kappa shape index (κ2) is 7.19. The van der Waals surface area contributed by atoms with Gasteiger partial charge < -0.3 is 9.47 Å². The first-order chi connectivity index (χ1) is 9.38. The van der Waals surface area contributed by atoms with Crippen LogP contribution in [0.5, 0.6) is 11.5 Å². The summed E-state index contributed by atoms with van der Waals surface area (Å²) in [7, 11) is 0. The first kappa shape index (κ1) is 16.4. The average Bonchev–Trinajstić information content (AvgIpc) is 2.43. The predicted molar refractivity (Wildman–Crippen MR) is 81.1 cm³/mol. The molecule has 0 N–H and O–H groups in total. The number of ether oxygens (including phenoxy) is 2. The average molecular weight is 275 g/mol. The van der Waals surface area contributed by atoms with Crippen molar-refractivity contribution in [2.75, 3.05) is 13.2 Å². The van der Waals surface area contributed by atoms with E-state index < -0.39 is 0 Å². The van der Waals surface area contributed by atoms with Crippen LogP contribution in [0, 0.1) is 22.7 Å². The lowest BCUT2D eigenvalue weighted by molar-refractivity contribution is 0.174. The molecule has 0 fully saturated rings. The Morgan fingerprint density at radius 1 is 1.25 bits per heavy atom. The molecular formula is C17H25NO2. The number of nitrogens with zero attached hydrogens (tertiary/aromatic N) is 1. The summed E-state index contributed by atoms with van der Waals surface area (Å²) in [6.45, 7) is 11.9. The minimum Gasteiger partial charge on any atom is -0.493 e. The van der Waals surface area contributed by atoms with Crippen LogP contribution in [0.4, 0.5) is 0 Å². The smallest absolute Gasteiger partial charge is 0.140 e. The van der Waals surface area contributed by atoms with E-state index in [-0.39, 0.29) is 5.41 Å². The summed E-state index contributed by atoms with van der Waals surface area (Å²) < 4.78 is 11.5. The summed E-state index contributed by atoms with van der Waals surface area (Å²) in [4.78, 5) is 0. The SMILES string of the molecule is CCC(C)(C)COc1cc(OCC(C)C)ccc1C#N. The van der Waals surface area contributed by atoms with Crippen LogP contribution in [-0.2, 0) is 0 Å². The zero-order valence-electron chi connectivity index (χ0n) is 13.2. The van der Waals surface area contributed by atoms with Crippen LogP contribution in [0.2, 0.25) is 0 Å². The second-order valence-electron chi connectivity index (χ2n) is 6.28. The first-order valence-corrected chi connectivity index (χ1v) is 7.17. The Labute approximate surface area is 122 Å². The molecule has 0 aliphatic rings. The molecule has 0 heterocycles. The Bertz CT molecular complexity index is 472. The van der Waals surface area contributed by atoms with Crippen molar-refractivity contribution in [1.82, 2.24) is 0 Å². The summed E-state index contributed by atoms with van der Waals surface area (Å²) in [5, 5.41) is 9.14. The van der Waals surface area contributed by atoms with Gasteiger partial charge in [0.15, 0.2) is 0 Å². The molecule has 0 amide bonds. The number of benzene rings is 1. The van der Waals surface area contributed by atoms with Crippen LogP contribution < -0.4 is 9.47 Å². The van der Waals surface area contributed by atoms with Crippen molar-refractivity contribution in [1.29, 1.82) is 5.26 Å². The molecule has 0 bridgehead atoms. The lowest BCUT2D eigenvalue weighted by atomic mass is 9.92. The van der Waals surface area contributed by atoms with Gasteiger partial charge in [-0.2, -0.15) is 5.26 Å². The third kappa shape index (κ3) is 5.13. The molecule has 1 aromatic carbocycles. The minimum atomic E-state index is 0.0987. The van der Waals surface area contributed by atoms with Crippen LogP contribution in [0.25, 0.3) is 0 Å². The van der Waals surface area contributed by atoms with Gasteiger partial charge in [0.25, 0.3) is 0 Å². The molecule has 1 aromatic rings. The van der Waals surface area contributed by atoms with Crippen LogP contribution >= 0.6 is 0 Å². The Morgan fingerprint density at radius 3 is 2.50 bits per heavy atom. The molecule has 0 aliphatic heterocycles. The van der Waals surface area contributed by atoms with Gasteiger partial charge >= 0.3 is 0 Å². The molecule has 0 saturated carbocycles. The minimum absolute atomic E-state index is 0.0987. The van der Waals surface area contributed by atoms with Crippen molar-refractivity contribution in [2.24, 2.45) is 11.3 Å². The highest BCUT2D eigenvalue weighted by atomic mass is 16.5. The molecule has 110 valence electrons. The molecule has 3 nitrogen and oxygen atoms in total. The molecule has 0 aromatic heterocycles. The van der Waals surface area contributed by atoms with Gasteiger partial charge in [0.2, 0.25) is 0 Å². The lowest BCUT2D eigenvalue weighted by Gasteiger charge is -2.23. The van der Waals surface area contributed by atoms with Gasteiger partial charge in [-0.15, -0.1) is 0 Å². The van der Waals surface area contributed by atoms with E-state index in [1.165, 1.54) is 0 Å². The molecule has 1 rings (SSSR count). The summed E-state index contributed by atoms with van der Waals surface area (Å²) >= 11 is 0. The third-order valence-corrected chi connectivity index (χ3v) is 3.23. The van der Waals surface area contributed by atoms with E-state index in [1.807, 2.05) is 12.1 Å². The van der Waals surface area contributed by atoms with Gasteiger partial charge in [-0.3, -0.25) is 0 Å². The Kier molecular flexibility index (Phi) is 5.88. The van der Waals surface area contributed by atoms with Gasteiger partial charge in [-0.25, -0.2) is 0 Å². The molecule has 20 heavy (non-hydrogen) atoms. The molecule has 0 atom stereocenters. The van der Waals surface area contributed by atoms with Crippen LogP contribution in [-0.4, -0.2) is 13.2 Å². The molecular weight excluding hydrogens is 250 g/mol. The van der Waals surface area contributed by atoms with Crippen molar-refractivity contribution in [3.05, 3.63) is 23.8 Å². The maximum atomic E-state index is 9.14. The van der Waals surface area contributed by atoms with Gasteiger partial charge in [0.05, 0.1) is 18.8 Å². The third-order valence-electron chi connectivity index (χ3n) is 3.23. The summed E-state index contributed by atoms with van der Waals surface area (Å²) in [6, 6.07) is 7.55. The predicted octanol–water partition coefficient (Wildman–Crippen LogP) is 4.41. The van der Waals surface area contributed by atoms with Crippen LogP contribution in [0.1, 0.15) is 46.6 Å². The molecule has 0 spiro atoms. The number of rotatable bonds is 7. The van der Waals surface area contributed by atoms with Crippen LogP contribution in [0.3, 0.4) is 0 Å². The zero-order chi connectivity index (χ0) is 15.2. The van der Waals surface area contributed by atoms with Crippen molar-refractivity contribution in [3.63, 3.8) is 0 Å². The van der Waals surface area contributed by atoms with E-state index >= 15 is 0 Å². The van der Waals surface area contributed by atoms with E-state index in [9.17, 15) is 0 Å². The van der Waals surface area contributed by atoms with E-state index in [0.29, 0.717) is 30.4 Å². The second-order valence-corrected chi connectivity index (χ2v) is 6.28. The maximum Gasteiger partial charge on any atom is 0.140 e. The van der Waals surface area contributed by atoms with E-state index in [2.05, 4.69) is 40.7 Å². The standard InChI is InChI=1S/C17H25NO2/c1-6-17(4,5)12-20-16-9-15(19-11-13(2)3)8-7-14(16)10-18/h7-9,13H,6,11-12H2,1-5H3. The Morgan fingerprint density at radius 2 is 1.95 bits per heavy atom. The summed E-state index contributed by atoms with van der Waals surface area (Å²) in [5.41, 5.74) is 0.649.